The number of phenols is 1. The molecule has 0 spiro atoms. The molecule has 2 N–H and O–H groups in total. The Morgan fingerprint density at radius 1 is 1.18 bits per heavy atom. The van der Waals surface area contributed by atoms with Gasteiger partial charge in [0.05, 0.1) is 12.0 Å². The summed E-state index contributed by atoms with van der Waals surface area (Å²) in [6, 6.07) is 11.8. The Bertz CT molecular complexity index is 895. The quantitative estimate of drug-likeness (QED) is 0.815. The fourth-order valence-electron chi connectivity index (χ4n) is 4.66. The number of phenolic OH excluding ortho intramolecular Hbond substituents is 1. The van der Waals surface area contributed by atoms with Gasteiger partial charge in [-0.3, -0.25) is 20.0 Å². The summed E-state index contributed by atoms with van der Waals surface area (Å²) >= 11 is 0. The number of hydrogen-bond acceptors (Lipinski definition) is 3. The molecule has 2 aromatic carbocycles. The van der Waals surface area contributed by atoms with Crippen molar-refractivity contribution in [2.75, 3.05) is 0 Å². The van der Waals surface area contributed by atoms with Gasteiger partial charge in [-0.05, 0) is 60.1 Å². The van der Waals surface area contributed by atoms with Gasteiger partial charge in [-0.25, -0.2) is 0 Å². The molecule has 0 radical (unpaired) electrons. The number of nitrogens with one attached hydrogen (secondary N) is 1. The van der Waals surface area contributed by atoms with Crippen LogP contribution in [0.2, 0.25) is 0 Å². The van der Waals surface area contributed by atoms with E-state index in [4.69, 9.17) is 0 Å². The smallest absolute Gasteiger partial charge is 0.243 e. The van der Waals surface area contributed by atoms with Gasteiger partial charge in [-0.1, -0.05) is 44.0 Å². The van der Waals surface area contributed by atoms with Crippen molar-refractivity contribution in [1.82, 2.24) is 10.4 Å². The van der Waals surface area contributed by atoms with E-state index in [9.17, 15) is 14.7 Å². The van der Waals surface area contributed by atoms with Crippen LogP contribution in [0.3, 0.4) is 0 Å². The molecule has 5 nitrogen and oxygen atoms in total. The molecule has 3 atom stereocenters. The summed E-state index contributed by atoms with van der Waals surface area (Å²) in [6.45, 7) is 2.18. The van der Waals surface area contributed by atoms with Crippen LogP contribution in [-0.2, 0) is 9.59 Å². The zero-order valence-corrected chi connectivity index (χ0v) is 16.4. The molecule has 1 saturated carbocycles. The normalized spacial score (nSPS) is 22.8. The summed E-state index contributed by atoms with van der Waals surface area (Å²) in [4.78, 5) is 24.8. The van der Waals surface area contributed by atoms with Gasteiger partial charge in [0.2, 0.25) is 11.8 Å². The van der Waals surface area contributed by atoms with Crippen molar-refractivity contribution in [2.24, 2.45) is 5.92 Å². The number of nitrogens with zero attached hydrogens (tertiary/aromatic N) is 1. The zero-order chi connectivity index (χ0) is 19.7. The number of hydrazine groups is 1. The summed E-state index contributed by atoms with van der Waals surface area (Å²) in [5.41, 5.74) is 4.06. The maximum atomic E-state index is 12.7. The first-order valence-corrected chi connectivity index (χ1v) is 10.4. The third-order valence-corrected chi connectivity index (χ3v) is 6.34. The van der Waals surface area contributed by atoms with Crippen LogP contribution in [0.25, 0.3) is 10.8 Å². The van der Waals surface area contributed by atoms with E-state index in [1.807, 2.05) is 12.1 Å². The minimum absolute atomic E-state index is 0.00587. The summed E-state index contributed by atoms with van der Waals surface area (Å²) in [6.07, 6.45) is 6.20. The van der Waals surface area contributed by atoms with E-state index in [0.29, 0.717) is 12.3 Å². The van der Waals surface area contributed by atoms with Crippen LogP contribution < -0.4 is 5.43 Å². The molecule has 1 aliphatic carbocycles. The van der Waals surface area contributed by atoms with Crippen molar-refractivity contribution in [3.63, 3.8) is 0 Å². The first kappa shape index (κ1) is 18.8. The number of rotatable bonds is 5. The highest BCUT2D eigenvalue weighted by atomic mass is 16.3. The van der Waals surface area contributed by atoms with E-state index < -0.39 is 0 Å². The fraction of sp³-hybridized carbons (Fsp3) is 0.478. The maximum Gasteiger partial charge on any atom is 0.243 e. The lowest BCUT2D eigenvalue weighted by molar-refractivity contribution is -0.138. The van der Waals surface area contributed by atoms with Crippen molar-refractivity contribution in [1.29, 1.82) is 0 Å². The third kappa shape index (κ3) is 3.71. The predicted molar refractivity (Wildman–Crippen MR) is 109 cm³/mol. The van der Waals surface area contributed by atoms with Crippen LogP contribution >= 0.6 is 0 Å². The molecule has 2 fully saturated rings. The van der Waals surface area contributed by atoms with E-state index in [2.05, 4.69) is 24.5 Å². The van der Waals surface area contributed by atoms with Crippen LogP contribution in [-0.4, -0.2) is 28.0 Å². The van der Waals surface area contributed by atoms with Gasteiger partial charge in [-0.15, -0.1) is 0 Å². The Balaban J connectivity index is 1.32. The Morgan fingerprint density at radius 3 is 2.79 bits per heavy atom. The average molecular weight is 380 g/mol. The first-order chi connectivity index (χ1) is 13.5. The molecule has 148 valence electrons. The van der Waals surface area contributed by atoms with Crippen LogP contribution in [0.1, 0.15) is 63.4 Å². The van der Waals surface area contributed by atoms with Crippen LogP contribution in [0.15, 0.2) is 36.4 Å². The molecule has 3 unspecified atom stereocenters. The van der Waals surface area contributed by atoms with Crippen molar-refractivity contribution < 1.29 is 14.7 Å². The van der Waals surface area contributed by atoms with Crippen LogP contribution in [0.4, 0.5) is 0 Å². The van der Waals surface area contributed by atoms with Crippen molar-refractivity contribution in [2.45, 2.75) is 63.8 Å². The second-order valence-corrected chi connectivity index (χ2v) is 8.28. The number of fused-ring (bicyclic) bond motifs is 2. The highest BCUT2D eigenvalue weighted by Gasteiger charge is 2.43. The monoisotopic (exact) mass is 380 g/mol. The molecule has 4 rings (SSSR count). The minimum Gasteiger partial charge on any atom is -0.508 e. The summed E-state index contributed by atoms with van der Waals surface area (Å²) in [5, 5.41) is 13.4. The lowest BCUT2D eigenvalue weighted by Crippen LogP contribution is -2.44. The van der Waals surface area contributed by atoms with E-state index >= 15 is 0 Å². The highest BCUT2D eigenvalue weighted by molar-refractivity contribution is 5.88. The standard InChI is InChI=1S/C23H28N2O3/c1-15(16-9-10-18-14-19(26)12-11-17(18)13-16)5-4-8-22(27)25-21-7-3-2-6-20(21)23(28)24-25/h9-15,20-21,26H,2-8H2,1H3,(H,24,28). The van der Waals surface area contributed by atoms with Crippen LogP contribution in [0.5, 0.6) is 5.75 Å². The molecule has 1 heterocycles. The molecule has 1 saturated heterocycles. The topological polar surface area (TPSA) is 69.6 Å². The Morgan fingerprint density at radius 2 is 1.93 bits per heavy atom. The molecule has 5 heteroatoms. The summed E-state index contributed by atoms with van der Waals surface area (Å²) in [5.74, 6) is 0.689. The molecule has 2 aromatic rings. The van der Waals surface area contributed by atoms with Crippen LogP contribution in [0, 0.1) is 5.92 Å². The zero-order valence-electron chi connectivity index (χ0n) is 16.4. The van der Waals surface area contributed by atoms with E-state index in [1.165, 1.54) is 5.56 Å². The lowest BCUT2D eigenvalue weighted by atomic mass is 9.85. The van der Waals surface area contributed by atoms with Crippen molar-refractivity contribution >= 4 is 22.6 Å². The number of carbonyl (C=O) groups excluding carboxylic acids is 2. The van der Waals surface area contributed by atoms with Gasteiger partial charge in [-0.2, -0.15) is 0 Å². The highest BCUT2D eigenvalue weighted by Crippen LogP contribution is 2.33. The van der Waals surface area contributed by atoms with Crippen molar-refractivity contribution in [3.05, 3.63) is 42.0 Å². The molecule has 0 bridgehead atoms. The van der Waals surface area contributed by atoms with E-state index in [0.717, 1.165) is 49.3 Å². The summed E-state index contributed by atoms with van der Waals surface area (Å²) < 4.78 is 0. The molecule has 1 aliphatic heterocycles. The average Bonchev–Trinajstić information content (AvgIpc) is 3.04. The van der Waals surface area contributed by atoms with Gasteiger partial charge < -0.3 is 5.11 Å². The van der Waals surface area contributed by atoms with Gasteiger partial charge >= 0.3 is 0 Å². The number of carbonyl (C=O) groups is 2. The Hall–Kier alpha value is -2.56. The molecule has 0 aromatic heterocycles. The first-order valence-electron chi connectivity index (χ1n) is 10.4. The second-order valence-electron chi connectivity index (χ2n) is 8.28. The van der Waals surface area contributed by atoms with E-state index in [1.54, 1.807) is 17.1 Å². The molecule has 2 amide bonds. The molecular weight excluding hydrogens is 352 g/mol. The Labute approximate surface area is 165 Å². The second kappa shape index (κ2) is 7.82. The Kier molecular flexibility index (Phi) is 5.25. The van der Waals surface area contributed by atoms with Crippen molar-refractivity contribution in [3.8, 4) is 5.75 Å². The number of aromatic hydroxyl groups is 1. The number of amides is 2. The minimum atomic E-state index is -0.00587. The fourth-order valence-corrected chi connectivity index (χ4v) is 4.66. The molecular formula is C23H28N2O3. The van der Waals surface area contributed by atoms with Gasteiger partial charge in [0.15, 0.2) is 0 Å². The van der Waals surface area contributed by atoms with E-state index in [-0.39, 0.29) is 29.5 Å². The summed E-state index contributed by atoms with van der Waals surface area (Å²) in [7, 11) is 0. The SMILES string of the molecule is CC(CCCC(=O)N1NC(=O)C2CCCCC21)c1ccc2cc(O)ccc2c1. The molecule has 28 heavy (non-hydrogen) atoms. The largest absolute Gasteiger partial charge is 0.508 e. The molecule has 2 aliphatic rings. The maximum absolute atomic E-state index is 12.7. The third-order valence-electron chi connectivity index (χ3n) is 6.34. The van der Waals surface area contributed by atoms with Gasteiger partial charge in [0, 0.05) is 6.42 Å². The predicted octanol–water partition coefficient (Wildman–Crippen LogP) is 4.25. The van der Waals surface area contributed by atoms with Gasteiger partial charge in [0.1, 0.15) is 5.75 Å². The number of hydrogen-bond donors (Lipinski definition) is 2. The lowest BCUT2D eigenvalue weighted by Gasteiger charge is -2.29. The van der Waals surface area contributed by atoms with Gasteiger partial charge in [0.25, 0.3) is 0 Å². The number of benzene rings is 2.